The third-order valence-electron chi connectivity index (χ3n) is 2.93. The van der Waals surface area contributed by atoms with Crippen molar-refractivity contribution in [3.05, 3.63) is 46.3 Å². The first-order valence-corrected chi connectivity index (χ1v) is 6.21. The van der Waals surface area contributed by atoms with Crippen molar-refractivity contribution < 1.29 is 26.3 Å². The molecule has 0 aliphatic heterocycles. The molecule has 4 nitrogen and oxygen atoms in total. The van der Waals surface area contributed by atoms with E-state index < -0.39 is 23.5 Å². The van der Waals surface area contributed by atoms with Crippen molar-refractivity contribution in [1.82, 2.24) is 15.4 Å². The summed E-state index contributed by atoms with van der Waals surface area (Å²) in [4.78, 5) is 3.70. The van der Waals surface area contributed by atoms with Gasteiger partial charge in [-0.25, -0.2) is 0 Å². The lowest BCUT2D eigenvalue weighted by Gasteiger charge is -2.13. The number of aromatic amines is 1. The Balaban J connectivity index is 2.47. The molecule has 0 atom stereocenters. The lowest BCUT2D eigenvalue weighted by atomic mass is 10.0. The highest BCUT2D eigenvalue weighted by Crippen LogP contribution is 2.36. The molecule has 1 N–H and O–H groups in total. The van der Waals surface area contributed by atoms with Gasteiger partial charge in [0.2, 0.25) is 0 Å². The molecular weight excluding hydrogens is 326 g/mol. The van der Waals surface area contributed by atoms with E-state index in [1.807, 2.05) is 0 Å². The summed E-state index contributed by atoms with van der Waals surface area (Å²) in [6, 6.07) is 1.41. The normalized spacial score (nSPS) is 13.0. The molecule has 1 aromatic heterocycles. The highest BCUT2D eigenvalue weighted by Gasteiger charge is 2.36. The van der Waals surface area contributed by atoms with Crippen LogP contribution in [0.4, 0.5) is 26.3 Å². The maximum Gasteiger partial charge on any atom is 0.416 e. The number of hydrogen-bond donors (Lipinski definition) is 1. The summed E-state index contributed by atoms with van der Waals surface area (Å²) >= 11 is 0. The van der Waals surface area contributed by atoms with E-state index in [2.05, 4.69) is 20.4 Å². The van der Waals surface area contributed by atoms with Gasteiger partial charge < -0.3 is 0 Å². The molecule has 124 valence electrons. The average Bonchev–Trinajstić information content (AvgIpc) is 2.84. The highest BCUT2D eigenvalue weighted by atomic mass is 19.4. The van der Waals surface area contributed by atoms with Gasteiger partial charge in [-0.3, -0.25) is 10.1 Å². The van der Waals surface area contributed by atoms with E-state index in [4.69, 9.17) is 0 Å². The fourth-order valence-electron chi connectivity index (χ4n) is 1.94. The first-order chi connectivity index (χ1) is 10.6. The quantitative estimate of drug-likeness (QED) is 0.689. The Hall–Kier alpha value is -2.39. The van der Waals surface area contributed by atoms with Crippen LogP contribution >= 0.6 is 0 Å². The lowest BCUT2D eigenvalue weighted by molar-refractivity contribution is -0.143. The summed E-state index contributed by atoms with van der Waals surface area (Å²) in [5.74, 6) is 0. The number of aliphatic imine (C=N–C) groups is 1. The SMILES string of the molecule is C/N=C\c1[nH]nnc1Cc1cc(C(F)(F)F)cc(C(F)(F)F)c1. The third kappa shape index (κ3) is 4.08. The van der Waals surface area contributed by atoms with Gasteiger partial charge in [-0.2, -0.15) is 26.3 Å². The Morgan fingerprint density at radius 1 is 1.04 bits per heavy atom. The van der Waals surface area contributed by atoms with Crippen LogP contribution in [-0.2, 0) is 18.8 Å². The summed E-state index contributed by atoms with van der Waals surface area (Å²) in [5.41, 5.74) is -2.39. The number of aromatic nitrogens is 3. The van der Waals surface area contributed by atoms with Crippen LogP contribution in [0.2, 0.25) is 0 Å². The summed E-state index contributed by atoms with van der Waals surface area (Å²) < 4.78 is 76.8. The van der Waals surface area contributed by atoms with Crippen molar-refractivity contribution in [2.45, 2.75) is 18.8 Å². The van der Waals surface area contributed by atoms with E-state index in [-0.39, 0.29) is 23.7 Å². The zero-order chi connectivity index (χ0) is 17.3. The second-order valence-corrected chi connectivity index (χ2v) is 4.65. The first-order valence-electron chi connectivity index (χ1n) is 6.21. The van der Waals surface area contributed by atoms with Crippen LogP contribution in [0, 0.1) is 0 Å². The molecule has 2 aromatic rings. The maximum atomic E-state index is 12.8. The van der Waals surface area contributed by atoms with Crippen LogP contribution in [0.1, 0.15) is 28.1 Å². The minimum Gasteiger partial charge on any atom is -0.294 e. The molecule has 1 aromatic carbocycles. The zero-order valence-electron chi connectivity index (χ0n) is 11.6. The van der Waals surface area contributed by atoms with Gasteiger partial charge >= 0.3 is 12.4 Å². The molecule has 23 heavy (non-hydrogen) atoms. The number of H-pyrrole nitrogens is 1. The average molecular weight is 336 g/mol. The molecule has 0 aliphatic carbocycles. The molecule has 0 unspecified atom stereocenters. The molecule has 0 bridgehead atoms. The Morgan fingerprint density at radius 2 is 1.61 bits per heavy atom. The standard InChI is InChI=1S/C13H10F6N4/c1-20-6-11-10(21-23-22-11)4-7-2-8(12(14,15)16)5-9(3-7)13(17,18)19/h2-3,5-6H,4H2,1H3,(H,21,22,23)/b20-6-. The Morgan fingerprint density at radius 3 is 2.09 bits per heavy atom. The maximum absolute atomic E-state index is 12.8. The van der Waals surface area contributed by atoms with E-state index in [0.717, 1.165) is 0 Å². The van der Waals surface area contributed by atoms with Crippen molar-refractivity contribution in [3.8, 4) is 0 Å². The molecule has 2 rings (SSSR count). The fourth-order valence-corrected chi connectivity index (χ4v) is 1.94. The molecule has 0 aliphatic rings. The van der Waals surface area contributed by atoms with Crippen LogP contribution in [0.15, 0.2) is 23.2 Å². The summed E-state index contributed by atoms with van der Waals surface area (Å²) in [7, 11) is 1.46. The van der Waals surface area contributed by atoms with Crippen LogP contribution in [-0.4, -0.2) is 28.7 Å². The lowest BCUT2D eigenvalue weighted by Crippen LogP contribution is -2.12. The predicted octanol–water partition coefficient (Wildman–Crippen LogP) is 3.48. The van der Waals surface area contributed by atoms with E-state index >= 15 is 0 Å². The van der Waals surface area contributed by atoms with Crippen molar-refractivity contribution in [3.63, 3.8) is 0 Å². The number of halogens is 6. The monoisotopic (exact) mass is 336 g/mol. The zero-order valence-corrected chi connectivity index (χ0v) is 11.6. The molecule has 0 radical (unpaired) electrons. The van der Waals surface area contributed by atoms with Gasteiger partial charge in [-0.1, -0.05) is 5.21 Å². The van der Waals surface area contributed by atoms with Gasteiger partial charge in [-0.05, 0) is 23.8 Å². The Labute approximate surface area is 126 Å². The van der Waals surface area contributed by atoms with Crippen molar-refractivity contribution >= 4 is 6.21 Å². The summed E-state index contributed by atoms with van der Waals surface area (Å²) in [5, 5.41) is 9.58. The van der Waals surface area contributed by atoms with Crippen LogP contribution < -0.4 is 0 Å². The molecule has 0 saturated carbocycles. The van der Waals surface area contributed by atoms with E-state index in [1.165, 1.54) is 13.3 Å². The minimum absolute atomic E-state index is 0.0840. The smallest absolute Gasteiger partial charge is 0.294 e. The van der Waals surface area contributed by atoms with E-state index in [0.29, 0.717) is 17.8 Å². The largest absolute Gasteiger partial charge is 0.416 e. The van der Waals surface area contributed by atoms with E-state index in [9.17, 15) is 26.3 Å². The van der Waals surface area contributed by atoms with Crippen molar-refractivity contribution in [2.24, 2.45) is 4.99 Å². The first kappa shape index (κ1) is 17.0. The van der Waals surface area contributed by atoms with Gasteiger partial charge in [0.05, 0.1) is 22.5 Å². The number of hydrogen-bond acceptors (Lipinski definition) is 3. The topological polar surface area (TPSA) is 53.9 Å². The summed E-state index contributed by atoms with van der Waals surface area (Å²) in [6.45, 7) is 0. The molecule has 1 heterocycles. The number of nitrogens with one attached hydrogen (secondary N) is 1. The summed E-state index contributed by atoms with van der Waals surface area (Å²) in [6.07, 6.45) is -8.68. The van der Waals surface area contributed by atoms with Gasteiger partial charge in [0, 0.05) is 19.7 Å². The molecule has 10 heteroatoms. The van der Waals surface area contributed by atoms with Crippen LogP contribution in [0.5, 0.6) is 0 Å². The Bertz CT molecular complexity index is 682. The van der Waals surface area contributed by atoms with Gasteiger partial charge in [0.15, 0.2) is 0 Å². The molecular formula is C13H10F6N4. The molecule has 0 amide bonds. The second kappa shape index (κ2) is 6.01. The second-order valence-electron chi connectivity index (χ2n) is 4.65. The fraction of sp³-hybridized carbons (Fsp3) is 0.308. The van der Waals surface area contributed by atoms with Crippen LogP contribution in [0.25, 0.3) is 0 Å². The van der Waals surface area contributed by atoms with Gasteiger partial charge in [-0.15, -0.1) is 5.10 Å². The van der Waals surface area contributed by atoms with E-state index in [1.54, 1.807) is 0 Å². The molecule has 0 spiro atoms. The number of nitrogens with zero attached hydrogens (tertiary/aromatic N) is 3. The van der Waals surface area contributed by atoms with Crippen LogP contribution in [0.3, 0.4) is 0 Å². The van der Waals surface area contributed by atoms with Gasteiger partial charge in [0.25, 0.3) is 0 Å². The van der Waals surface area contributed by atoms with Gasteiger partial charge in [0.1, 0.15) is 0 Å². The third-order valence-corrected chi connectivity index (χ3v) is 2.93. The number of rotatable bonds is 3. The van der Waals surface area contributed by atoms with Crippen molar-refractivity contribution in [2.75, 3.05) is 7.05 Å². The highest BCUT2D eigenvalue weighted by molar-refractivity contribution is 5.78. The number of benzene rings is 1. The number of alkyl halides is 6. The van der Waals surface area contributed by atoms with Crippen molar-refractivity contribution in [1.29, 1.82) is 0 Å². The Kier molecular flexibility index (Phi) is 4.44. The minimum atomic E-state index is -4.88. The molecule has 0 fully saturated rings. The molecule has 0 saturated heterocycles. The predicted molar refractivity (Wildman–Crippen MR) is 69.2 cm³/mol.